The predicted molar refractivity (Wildman–Crippen MR) is 103 cm³/mol. The Balaban J connectivity index is 1.56. The van der Waals surface area contributed by atoms with Crippen LogP contribution in [-0.4, -0.2) is 41.5 Å². The normalized spacial score (nSPS) is 24.7. The van der Waals surface area contributed by atoms with Crippen LogP contribution in [-0.2, 0) is 0 Å². The van der Waals surface area contributed by atoms with E-state index in [1.807, 2.05) is 0 Å². The number of piperidine rings is 1. The fourth-order valence-corrected chi connectivity index (χ4v) is 4.80. The minimum absolute atomic E-state index is 0.367. The molecule has 0 amide bonds. The number of hydrogen-bond donors (Lipinski definition) is 0. The fraction of sp³-hybridized carbons (Fsp3) is 0.409. The minimum atomic E-state index is 0.367. The molecule has 1 saturated heterocycles. The summed E-state index contributed by atoms with van der Waals surface area (Å²) in [6.45, 7) is 3.44. The molecule has 2 aromatic carbocycles. The van der Waals surface area contributed by atoms with Crippen molar-refractivity contribution in [2.24, 2.45) is 0 Å². The summed E-state index contributed by atoms with van der Waals surface area (Å²) in [6, 6.07) is 15.5. The molecule has 4 heteroatoms. The van der Waals surface area contributed by atoms with E-state index in [9.17, 15) is 0 Å². The highest BCUT2D eigenvalue weighted by molar-refractivity contribution is 5.73. The van der Waals surface area contributed by atoms with E-state index in [4.69, 9.17) is 4.42 Å². The Labute approximate surface area is 154 Å². The van der Waals surface area contributed by atoms with Crippen LogP contribution in [0.4, 0.5) is 0 Å². The van der Waals surface area contributed by atoms with E-state index in [-0.39, 0.29) is 0 Å². The van der Waals surface area contributed by atoms with E-state index in [0.29, 0.717) is 12.1 Å². The van der Waals surface area contributed by atoms with Crippen LogP contribution in [0.15, 0.2) is 53.3 Å². The number of fused-ring (bicyclic) bond motifs is 2. The van der Waals surface area contributed by atoms with Gasteiger partial charge in [0.2, 0.25) is 0 Å². The molecule has 1 aromatic heterocycles. The average molecular weight is 347 g/mol. The summed E-state index contributed by atoms with van der Waals surface area (Å²) in [5, 5.41) is 0. The SMILES string of the molecule is CN1CC(c2ccc3ncoc3c2)c2ccccc2C1N1CCCCC1. The van der Waals surface area contributed by atoms with Crippen LogP contribution in [0, 0.1) is 0 Å². The largest absolute Gasteiger partial charge is 0.443 e. The Morgan fingerprint density at radius 1 is 1.00 bits per heavy atom. The summed E-state index contributed by atoms with van der Waals surface area (Å²) in [6.07, 6.45) is 5.93. The number of aromatic nitrogens is 1. The molecule has 3 heterocycles. The number of likely N-dealkylation sites (N-methyl/N-ethyl adjacent to an activating group) is 1. The summed E-state index contributed by atoms with van der Waals surface area (Å²) in [7, 11) is 2.27. The number of nitrogens with zero attached hydrogens (tertiary/aromatic N) is 3. The van der Waals surface area contributed by atoms with Crippen molar-refractivity contribution in [1.82, 2.24) is 14.8 Å². The molecule has 2 aliphatic rings. The van der Waals surface area contributed by atoms with Gasteiger partial charge in [-0.15, -0.1) is 0 Å². The highest BCUT2D eigenvalue weighted by Gasteiger charge is 2.35. The molecule has 134 valence electrons. The van der Waals surface area contributed by atoms with E-state index >= 15 is 0 Å². The van der Waals surface area contributed by atoms with Crippen molar-refractivity contribution in [2.45, 2.75) is 31.3 Å². The van der Waals surface area contributed by atoms with E-state index in [1.165, 1.54) is 55.4 Å². The first-order valence-corrected chi connectivity index (χ1v) is 9.67. The number of oxazole rings is 1. The van der Waals surface area contributed by atoms with Crippen molar-refractivity contribution in [2.75, 3.05) is 26.7 Å². The Morgan fingerprint density at radius 2 is 1.81 bits per heavy atom. The molecule has 0 saturated carbocycles. The van der Waals surface area contributed by atoms with Gasteiger partial charge in [-0.2, -0.15) is 0 Å². The molecule has 0 N–H and O–H groups in total. The van der Waals surface area contributed by atoms with Crippen LogP contribution in [0.25, 0.3) is 11.1 Å². The zero-order valence-corrected chi connectivity index (χ0v) is 15.3. The van der Waals surface area contributed by atoms with Gasteiger partial charge in [0.15, 0.2) is 12.0 Å². The van der Waals surface area contributed by atoms with Crippen LogP contribution in [0.1, 0.15) is 48.0 Å². The fourth-order valence-electron chi connectivity index (χ4n) is 4.80. The summed E-state index contributed by atoms with van der Waals surface area (Å²) < 4.78 is 5.55. The second-order valence-corrected chi connectivity index (χ2v) is 7.67. The maximum atomic E-state index is 5.55. The molecule has 0 aliphatic carbocycles. The monoisotopic (exact) mass is 347 g/mol. The summed E-state index contributed by atoms with van der Waals surface area (Å²) >= 11 is 0. The maximum absolute atomic E-state index is 5.55. The highest BCUT2D eigenvalue weighted by atomic mass is 16.3. The quantitative estimate of drug-likeness (QED) is 0.688. The van der Waals surface area contributed by atoms with Gasteiger partial charge in [-0.1, -0.05) is 36.8 Å². The van der Waals surface area contributed by atoms with E-state index in [0.717, 1.165) is 17.6 Å². The number of likely N-dealkylation sites (tertiary alicyclic amines) is 1. The number of rotatable bonds is 2. The lowest BCUT2D eigenvalue weighted by Gasteiger charge is -2.46. The Kier molecular flexibility index (Phi) is 4.03. The van der Waals surface area contributed by atoms with Crippen molar-refractivity contribution >= 4 is 11.1 Å². The van der Waals surface area contributed by atoms with Crippen LogP contribution in [0.3, 0.4) is 0 Å². The molecular formula is C22H25N3O. The first-order valence-electron chi connectivity index (χ1n) is 9.67. The van der Waals surface area contributed by atoms with Crippen LogP contribution in [0.2, 0.25) is 0 Å². The smallest absolute Gasteiger partial charge is 0.181 e. The van der Waals surface area contributed by atoms with Crippen molar-refractivity contribution in [3.05, 3.63) is 65.5 Å². The van der Waals surface area contributed by atoms with Gasteiger partial charge in [0.05, 0.1) is 6.17 Å². The molecule has 2 unspecified atom stereocenters. The van der Waals surface area contributed by atoms with Gasteiger partial charge < -0.3 is 4.42 Å². The zero-order valence-electron chi connectivity index (χ0n) is 15.3. The lowest BCUT2D eigenvalue weighted by atomic mass is 9.83. The third-order valence-electron chi connectivity index (χ3n) is 6.03. The standard InChI is InChI=1S/C22H25N3O/c1-24-14-19(16-9-10-20-21(13-16)26-15-23-20)17-7-3-4-8-18(17)22(24)25-11-5-2-6-12-25/h3-4,7-10,13,15,19,22H,2,5-6,11-12,14H2,1H3. The average Bonchev–Trinajstić information content (AvgIpc) is 3.16. The maximum Gasteiger partial charge on any atom is 0.181 e. The Morgan fingerprint density at radius 3 is 2.65 bits per heavy atom. The van der Waals surface area contributed by atoms with Crippen molar-refractivity contribution in [3.8, 4) is 0 Å². The van der Waals surface area contributed by atoms with Crippen molar-refractivity contribution < 1.29 is 4.42 Å². The first kappa shape index (κ1) is 16.0. The zero-order chi connectivity index (χ0) is 17.5. The molecular weight excluding hydrogens is 322 g/mol. The second-order valence-electron chi connectivity index (χ2n) is 7.67. The molecule has 2 aliphatic heterocycles. The van der Waals surface area contributed by atoms with Crippen molar-refractivity contribution in [3.63, 3.8) is 0 Å². The molecule has 26 heavy (non-hydrogen) atoms. The topological polar surface area (TPSA) is 32.5 Å². The van der Waals surface area contributed by atoms with Gasteiger partial charge in [0, 0.05) is 12.5 Å². The molecule has 2 atom stereocenters. The first-order chi connectivity index (χ1) is 12.8. The van der Waals surface area contributed by atoms with Gasteiger partial charge in [-0.05, 0) is 61.8 Å². The van der Waals surface area contributed by atoms with E-state index in [1.54, 1.807) is 0 Å². The van der Waals surface area contributed by atoms with Gasteiger partial charge in [0.1, 0.15) is 5.52 Å². The molecule has 0 radical (unpaired) electrons. The second kappa shape index (κ2) is 6.53. The number of benzene rings is 2. The number of hydrogen-bond acceptors (Lipinski definition) is 4. The molecule has 0 spiro atoms. The van der Waals surface area contributed by atoms with Gasteiger partial charge in [-0.25, -0.2) is 4.98 Å². The third kappa shape index (κ3) is 2.65. The molecule has 1 fully saturated rings. The Bertz CT molecular complexity index is 912. The molecule has 4 nitrogen and oxygen atoms in total. The van der Waals surface area contributed by atoms with E-state index < -0.39 is 0 Å². The minimum Gasteiger partial charge on any atom is -0.443 e. The summed E-state index contributed by atoms with van der Waals surface area (Å²) in [4.78, 5) is 9.45. The Hall–Kier alpha value is -2.17. The van der Waals surface area contributed by atoms with Gasteiger partial charge in [-0.3, -0.25) is 9.80 Å². The summed E-state index contributed by atoms with van der Waals surface area (Å²) in [5.41, 5.74) is 6.04. The molecule has 0 bridgehead atoms. The van der Waals surface area contributed by atoms with Crippen LogP contribution < -0.4 is 0 Å². The predicted octanol–water partition coefficient (Wildman–Crippen LogP) is 4.39. The van der Waals surface area contributed by atoms with Crippen LogP contribution in [0.5, 0.6) is 0 Å². The lowest BCUT2D eigenvalue weighted by molar-refractivity contribution is 0.0338. The van der Waals surface area contributed by atoms with Gasteiger partial charge >= 0.3 is 0 Å². The van der Waals surface area contributed by atoms with Crippen molar-refractivity contribution in [1.29, 1.82) is 0 Å². The lowest BCUT2D eigenvalue weighted by Crippen LogP contribution is -2.46. The van der Waals surface area contributed by atoms with E-state index in [2.05, 4.69) is 64.3 Å². The highest BCUT2D eigenvalue weighted by Crippen LogP contribution is 2.41. The summed E-state index contributed by atoms with van der Waals surface area (Å²) in [5.74, 6) is 0.367. The molecule has 5 rings (SSSR count). The van der Waals surface area contributed by atoms with Crippen LogP contribution >= 0.6 is 0 Å². The third-order valence-corrected chi connectivity index (χ3v) is 6.03. The molecule has 3 aromatic rings. The van der Waals surface area contributed by atoms with Gasteiger partial charge in [0.25, 0.3) is 0 Å².